The maximum atomic E-state index is 12.4. The zero-order chi connectivity index (χ0) is 12.5. The van der Waals surface area contributed by atoms with Gasteiger partial charge in [0.2, 0.25) is 5.91 Å². The Hall–Kier alpha value is -1.09. The lowest BCUT2D eigenvalue weighted by atomic mass is 9.76. The van der Waals surface area contributed by atoms with Gasteiger partial charge in [-0.05, 0) is 31.6 Å². The van der Waals surface area contributed by atoms with Crippen LogP contribution in [0.1, 0.15) is 25.7 Å². The number of hydrogen-bond donors (Lipinski definition) is 0. The Labute approximate surface area is 109 Å². The standard InChI is InChI=1S/C15H22N2O/c1-2-3-7-16-10-12-9-13(11-16)15(18)17-8-5-4-6-14(12)17/h2,5,8,12-14H,1,3-4,6-7,9-11H2/t12-,13+,14-/m1/s1. The van der Waals surface area contributed by atoms with Gasteiger partial charge in [-0.15, -0.1) is 6.58 Å². The van der Waals surface area contributed by atoms with E-state index in [2.05, 4.69) is 17.6 Å². The maximum absolute atomic E-state index is 12.4. The van der Waals surface area contributed by atoms with Crippen LogP contribution in [0.15, 0.2) is 24.9 Å². The third-order valence-electron chi connectivity index (χ3n) is 4.61. The molecule has 18 heavy (non-hydrogen) atoms. The molecule has 0 aliphatic carbocycles. The normalized spacial score (nSPS) is 35.4. The van der Waals surface area contributed by atoms with Gasteiger partial charge in [-0.25, -0.2) is 0 Å². The number of likely N-dealkylation sites (tertiary alicyclic amines) is 1. The van der Waals surface area contributed by atoms with Crippen molar-refractivity contribution in [3.63, 3.8) is 0 Å². The van der Waals surface area contributed by atoms with Gasteiger partial charge in [-0.2, -0.15) is 0 Å². The van der Waals surface area contributed by atoms with Crippen molar-refractivity contribution in [1.29, 1.82) is 0 Å². The van der Waals surface area contributed by atoms with Crippen LogP contribution in [0.5, 0.6) is 0 Å². The molecule has 0 aromatic carbocycles. The first kappa shape index (κ1) is 12.0. The fraction of sp³-hybridized carbons (Fsp3) is 0.667. The van der Waals surface area contributed by atoms with E-state index in [9.17, 15) is 4.79 Å². The highest BCUT2D eigenvalue weighted by Gasteiger charge is 2.45. The summed E-state index contributed by atoms with van der Waals surface area (Å²) in [6.07, 6.45) is 10.6. The van der Waals surface area contributed by atoms with Crippen molar-refractivity contribution in [2.45, 2.75) is 31.7 Å². The molecule has 2 fully saturated rings. The van der Waals surface area contributed by atoms with E-state index in [1.165, 1.54) is 0 Å². The first-order valence-corrected chi connectivity index (χ1v) is 7.11. The van der Waals surface area contributed by atoms with Gasteiger partial charge in [-0.1, -0.05) is 12.2 Å². The largest absolute Gasteiger partial charge is 0.316 e. The molecule has 0 N–H and O–H groups in total. The molecule has 3 aliphatic heterocycles. The van der Waals surface area contributed by atoms with Crippen LogP contribution in [0.2, 0.25) is 0 Å². The average Bonchev–Trinajstić information content (AvgIpc) is 2.43. The Kier molecular flexibility index (Phi) is 3.25. The van der Waals surface area contributed by atoms with E-state index in [-0.39, 0.29) is 5.92 Å². The van der Waals surface area contributed by atoms with Crippen molar-refractivity contribution < 1.29 is 4.79 Å². The summed E-state index contributed by atoms with van der Waals surface area (Å²) in [6.45, 7) is 6.95. The van der Waals surface area contributed by atoms with Crippen LogP contribution in [0.3, 0.4) is 0 Å². The smallest absolute Gasteiger partial charge is 0.231 e. The lowest BCUT2D eigenvalue weighted by molar-refractivity contribution is -0.146. The fourth-order valence-corrected chi connectivity index (χ4v) is 3.76. The highest BCUT2D eigenvalue weighted by atomic mass is 16.2. The monoisotopic (exact) mass is 246 g/mol. The van der Waals surface area contributed by atoms with Gasteiger partial charge in [0.05, 0.1) is 5.92 Å². The number of carbonyl (C=O) groups excluding carboxylic acids is 1. The van der Waals surface area contributed by atoms with Crippen LogP contribution >= 0.6 is 0 Å². The van der Waals surface area contributed by atoms with Crippen molar-refractivity contribution in [2.24, 2.45) is 11.8 Å². The van der Waals surface area contributed by atoms with E-state index in [4.69, 9.17) is 0 Å². The summed E-state index contributed by atoms with van der Waals surface area (Å²) in [7, 11) is 0. The first-order valence-electron chi connectivity index (χ1n) is 7.11. The fourth-order valence-electron chi connectivity index (χ4n) is 3.76. The van der Waals surface area contributed by atoms with Gasteiger partial charge in [0, 0.05) is 31.9 Å². The lowest BCUT2D eigenvalue weighted by Gasteiger charge is -2.50. The van der Waals surface area contributed by atoms with Gasteiger partial charge >= 0.3 is 0 Å². The third kappa shape index (κ3) is 2.01. The van der Waals surface area contributed by atoms with Gasteiger partial charge in [0.15, 0.2) is 0 Å². The Balaban J connectivity index is 1.75. The number of rotatable bonds is 3. The zero-order valence-corrected chi connectivity index (χ0v) is 10.9. The Bertz CT molecular complexity index is 377. The molecule has 0 saturated carbocycles. The summed E-state index contributed by atoms with van der Waals surface area (Å²) in [4.78, 5) is 16.9. The molecular formula is C15H22N2O. The third-order valence-corrected chi connectivity index (χ3v) is 4.61. The second-order valence-corrected chi connectivity index (χ2v) is 5.80. The van der Waals surface area contributed by atoms with Crippen LogP contribution < -0.4 is 0 Å². The number of carbonyl (C=O) groups is 1. The molecule has 0 radical (unpaired) electrons. The summed E-state index contributed by atoms with van der Waals surface area (Å²) in [6, 6.07) is 0.463. The van der Waals surface area contributed by atoms with Crippen LogP contribution in [0.4, 0.5) is 0 Å². The molecule has 1 amide bonds. The quantitative estimate of drug-likeness (QED) is 0.711. The van der Waals surface area contributed by atoms with E-state index in [1.54, 1.807) is 0 Å². The summed E-state index contributed by atoms with van der Waals surface area (Å²) < 4.78 is 0. The zero-order valence-electron chi connectivity index (χ0n) is 10.9. The number of piperidine rings is 2. The van der Waals surface area contributed by atoms with Gasteiger partial charge in [0.1, 0.15) is 0 Å². The summed E-state index contributed by atoms with van der Waals surface area (Å²) >= 11 is 0. The van der Waals surface area contributed by atoms with Crippen molar-refractivity contribution in [3.05, 3.63) is 24.9 Å². The molecule has 3 heterocycles. The molecule has 98 valence electrons. The van der Waals surface area contributed by atoms with E-state index in [0.717, 1.165) is 45.3 Å². The molecule has 0 aromatic rings. The van der Waals surface area contributed by atoms with Crippen LogP contribution in [-0.4, -0.2) is 41.4 Å². The number of allylic oxidation sites excluding steroid dienone is 1. The molecule has 2 saturated heterocycles. The van der Waals surface area contributed by atoms with Crippen LogP contribution in [-0.2, 0) is 4.79 Å². The number of hydrogen-bond acceptors (Lipinski definition) is 2. The minimum atomic E-state index is 0.229. The van der Waals surface area contributed by atoms with E-state index < -0.39 is 0 Å². The van der Waals surface area contributed by atoms with Gasteiger partial charge in [0.25, 0.3) is 0 Å². The summed E-state index contributed by atoms with van der Waals surface area (Å²) in [5.41, 5.74) is 0. The molecule has 2 bridgehead atoms. The molecular weight excluding hydrogens is 224 g/mol. The molecule has 0 unspecified atom stereocenters. The van der Waals surface area contributed by atoms with Gasteiger partial charge in [-0.3, -0.25) is 4.79 Å². The highest BCUT2D eigenvalue weighted by molar-refractivity contribution is 5.81. The summed E-state index contributed by atoms with van der Waals surface area (Å²) in [5, 5.41) is 0. The lowest BCUT2D eigenvalue weighted by Crippen LogP contribution is -2.59. The number of amides is 1. The maximum Gasteiger partial charge on any atom is 0.231 e. The molecule has 0 aromatic heterocycles. The highest BCUT2D eigenvalue weighted by Crippen LogP contribution is 2.37. The molecule has 3 atom stereocenters. The number of nitrogens with zero attached hydrogens (tertiary/aromatic N) is 2. The molecule has 3 aliphatic rings. The summed E-state index contributed by atoms with van der Waals surface area (Å²) in [5.74, 6) is 1.26. The minimum absolute atomic E-state index is 0.229. The second kappa shape index (κ2) is 4.88. The van der Waals surface area contributed by atoms with Crippen LogP contribution in [0, 0.1) is 11.8 Å². The van der Waals surface area contributed by atoms with E-state index in [1.807, 2.05) is 17.2 Å². The van der Waals surface area contributed by atoms with E-state index >= 15 is 0 Å². The van der Waals surface area contributed by atoms with Crippen molar-refractivity contribution in [1.82, 2.24) is 9.80 Å². The SMILES string of the molecule is C=CCCN1C[C@@H]2C[C@H](C1)[C@H]1CCC=CN1C2=O. The van der Waals surface area contributed by atoms with Crippen molar-refractivity contribution in [2.75, 3.05) is 19.6 Å². The molecule has 3 nitrogen and oxygen atoms in total. The predicted molar refractivity (Wildman–Crippen MR) is 71.9 cm³/mol. The van der Waals surface area contributed by atoms with Crippen molar-refractivity contribution in [3.8, 4) is 0 Å². The van der Waals surface area contributed by atoms with Crippen LogP contribution in [0.25, 0.3) is 0 Å². The predicted octanol–water partition coefficient (Wildman–Crippen LogP) is 2.02. The van der Waals surface area contributed by atoms with Crippen molar-refractivity contribution >= 4 is 5.91 Å². The number of fused-ring (bicyclic) bond motifs is 4. The molecule has 0 spiro atoms. The van der Waals surface area contributed by atoms with E-state index in [0.29, 0.717) is 17.9 Å². The Morgan fingerprint density at radius 3 is 3.17 bits per heavy atom. The topological polar surface area (TPSA) is 23.6 Å². The Morgan fingerprint density at radius 2 is 2.33 bits per heavy atom. The Morgan fingerprint density at radius 1 is 1.44 bits per heavy atom. The average molecular weight is 246 g/mol. The minimum Gasteiger partial charge on any atom is -0.316 e. The second-order valence-electron chi connectivity index (χ2n) is 5.80. The van der Waals surface area contributed by atoms with Gasteiger partial charge < -0.3 is 9.80 Å². The molecule has 3 heteroatoms. The first-order chi connectivity index (χ1) is 8.79. The molecule has 3 rings (SSSR count).